The number of amides is 2. The molecule has 0 aliphatic rings. The molecular weight excluding hydrogens is 342 g/mol. The third-order valence-electron chi connectivity index (χ3n) is 3.64. The summed E-state index contributed by atoms with van der Waals surface area (Å²) >= 11 is 3.22. The lowest BCUT2D eigenvalue weighted by atomic mass is 10.1. The third kappa shape index (κ3) is 5.43. The first-order valence-electron chi connectivity index (χ1n) is 7.74. The third-order valence-corrected chi connectivity index (χ3v) is 5.60. The molecule has 0 radical (unpaired) electrons. The van der Waals surface area contributed by atoms with Gasteiger partial charge >= 0.3 is 0 Å². The van der Waals surface area contributed by atoms with E-state index in [-0.39, 0.29) is 30.3 Å². The highest BCUT2D eigenvalue weighted by Gasteiger charge is 2.20. The van der Waals surface area contributed by atoms with Crippen molar-refractivity contribution in [2.24, 2.45) is 0 Å². The van der Waals surface area contributed by atoms with Crippen molar-refractivity contribution in [3.8, 4) is 0 Å². The first kappa shape index (κ1) is 18.6. The smallest absolute Gasteiger partial charge is 0.222 e. The molecule has 2 rings (SSSR count). The van der Waals surface area contributed by atoms with Crippen LogP contribution >= 0.6 is 22.7 Å². The van der Waals surface area contributed by atoms with Crippen molar-refractivity contribution in [1.29, 1.82) is 0 Å². The summed E-state index contributed by atoms with van der Waals surface area (Å²) in [6, 6.07) is 7.82. The van der Waals surface area contributed by atoms with Crippen LogP contribution in [0.2, 0.25) is 0 Å². The number of hydrogen-bond donors (Lipinski definition) is 2. The van der Waals surface area contributed by atoms with Crippen molar-refractivity contribution < 1.29 is 9.59 Å². The molecule has 0 spiro atoms. The highest BCUT2D eigenvalue weighted by molar-refractivity contribution is 7.10. The standard InChI is InChI=1S/C17H23N3O2S2/c1-12(21)19-13(15-6-4-8-23-15)10-17(22)18-11-14(20(2)3)16-7-5-9-24-16/h4-9,13-14H,10-11H2,1-3H3,(H,18,22)(H,19,21). The zero-order valence-corrected chi connectivity index (χ0v) is 15.7. The minimum atomic E-state index is -0.276. The Bertz CT molecular complexity index is 639. The quantitative estimate of drug-likeness (QED) is 0.756. The van der Waals surface area contributed by atoms with Crippen LogP contribution < -0.4 is 10.6 Å². The molecule has 7 heteroatoms. The normalized spacial score (nSPS) is 13.5. The van der Waals surface area contributed by atoms with Crippen LogP contribution in [0.3, 0.4) is 0 Å². The summed E-state index contributed by atoms with van der Waals surface area (Å²) in [5.41, 5.74) is 0. The summed E-state index contributed by atoms with van der Waals surface area (Å²) in [6.07, 6.45) is 0.241. The van der Waals surface area contributed by atoms with E-state index < -0.39 is 0 Å². The van der Waals surface area contributed by atoms with Gasteiger partial charge in [0.05, 0.1) is 18.5 Å². The Balaban J connectivity index is 1.94. The Morgan fingerprint density at radius 1 is 1.12 bits per heavy atom. The SMILES string of the molecule is CC(=O)NC(CC(=O)NCC(c1cccs1)N(C)C)c1cccs1. The number of rotatable bonds is 8. The van der Waals surface area contributed by atoms with Crippen LogP contribution in [-0.4, -0.2) is 37.4 Å². The van der Waals surface area contributed by atoms with Crippen LogP contribution in [0.15, 0.2) is 35.0 Å². The van der Waals surface area contributed by atoms with E-state index in [1.165, 1.54) is 11.8 Å². The lowest BCUT2D eigenvalue weighted by Crippen LogP contribution is -2.36. The molecule has 2 unspecified atom stereocenters. The second-order valence-electron chi connectivity index (χ2n) is 5.77. The zero-order valence-electron chi connectivity index (χ0n) is 14.1. The van der Waals surface area contributed by atoms with E-state index >= 15 is 0 Å². The average Bonchev–Trinajstić information content (AvgIpc) is 3.19. The summed E-state index contributed by atoms with van der Waals surface area (Å²) in [7, 11) is 4.00. The van der Waals surface area contributed by atoms with Gasteiger partial charge in [0.15, 0.2) is 0 Å². The molecule has 0 saturated carbocycles. The Morgan fingerprint density at radius 2 is 1.75 bits per heavy atom. The molecule has 0 aromatic carbocycles. The van der Waals surface area contributed by atoms with Crippen molar-refractivity contribution in [3.63, 3.8) is 0 Å². The minimum absolute atomic E-state index is 0.0643. The number of nitrogens with one attached hydrogen (secondary N) is 2. The van der Waals surface area contributed by atoms with Crippen LogP contribution in [0.25, 0.3) is 0 Å². The molecule has 2 aromatic heterocycles. The van der Waals surface area contributed by atoms with Gasteiger partial charge in [-0.1, -0.05) is 12.1 Å². The highest BCUT2D eigenvalue weighted by Crippen LogP contribution is 2.24. The van der Waals surface area contributed by atoms with Gasteiger partial charge in [0.1, 0.15) is 0 Å². The Labute approximate surface area is 150 Å². The van der Waals surface area contributed by atoms with Crippen molar-refractivity contribution >= 4 is 34.5 Å². The van der Waals surface area contributed by atoms with E-state index in [0.29, 0.717) is 6.54 Å². The van der Waals surface area contributed by atoms with Gasteiger partial charge < -0.3 is 15.5 Å². The minimum Gasteiger partial charge on any atom is -0.354 e. The first-order valence-corrected chi connectivity index (χ1v) is 9.50. The number of nitrogens with zero attached hydrogens (tertiary/aromatic N) is 1. The van der Waals surface area contributed by atoms with Crippen molar-refractivity contribution in [2.75, 3.05) is 20.6 Å². The number of carbonyl (C=O) groups is 2. The predicted octanol–water partition coefficient (Wildman–Crippen LogP) is 2.80. The van der Waals surface area contributed by atoms with E-state index in [9.17, 15) is 9.59 Å². The Kier molecular flexibility index (Phi) is 6.96. The number of thiophene rings is 2. The van der Waals surface area contributed by atoms with E-state index in [4.69, 9.17) is 0 Å². The fraction of sp³-hybridized carbons (Fsp3) is 0.412. The Morgan fingerprint density at radius 3 is 2.25 bits per heavy atom. The van der Waals surface area contributed by atoms with E-state index in [2.05, 4.69) is 21.6 Å². The molecule has 0 fully saturated rings. The molecule has 2 atom stereocenters. The van der Waals surface area contributed by atoms with Gasteiger partial charge in [0.2, 0.25) is 11.8 Å². The molecule has 5 nitrogen and oxygen atoms in total. The molecule has 2 aromatic rings. The molecule has 0 aliphatic carbocycles. The first-order chi connectivity index (χ1) is 11.5. The van der Waals surface area contributed by atoms with Gasteiger partial charge in [-0.25, -0.2) is 0 Å². The molecule has 2 N–H and O–H groups in total. The molecule has 0 saturated heterocycles. The number of hydrogen-bond acceptors (Lipinski definition) is 5. The van der Waals surface area contributed by atoms with E-state index in [0.717, 1.165) is 4.88 Å². The fourth-order valence-electron chi connectivity index (χ4n) is 2.44. The molecule has 0 aliphatic heterocycles. The maximum Gasteiger partial charge on any atom is 0.222 e. The maximum absolute atomic E-state index is 12.4. The zero-order chi connectivity index (χ0) is 17.5. The fourth-order valence-corrected chi connectivity index (χ4v) is 4.14. The molecule has 24 heavy (non-hydrogen) atoms. The summed E-state index contributed by atoms with van der Waals surface area (Å²) in [4.78, 5) is 28.1. The van der Waals surface area contributed by atoms with Crippen molar-refractivity contribution in [2.45, 2.75) is 25.4 Å². The van der Waals surface area contributed by atoms with Crippen LogP contribution in [0.5, 0.6) is 0 Å². The highest BCUT2D eigenvalue weighted by atomic mass is 32.1. The lowest BCUT2D eigenvalue weighted by molar-refractivity contribution is -0.122. The summed E-state index contributed by atoms with van der Waals surface area (Å²) in [5, 5.41) is 9.84. The van der Waals surface area contributed by atoms with Gasteiger partial charge in [-0.15, -0.1) is 22.7 Å². The maximum atomic E-state index is 12.4. The largest absolute Gasteiger partial charge is 0.354 e. The summed E-state index contributed by atoms with van der Waals surface area (Å²) < 4.78 is 0. The lowest BCUT2D eigenvalue weighted by Gasteiger charge is -2.24. The van der Waals surface area contributed by atoms with Crippen LogP contribution in [-0.2, 0) is 9.59 Å². The van der Waals surface area contributed by atoms with Gasteiger partial charge in [0.25, 0.3) is 0 Å². The molecule has 130 valence electrons. The molecule has 0 bridgehead atoms. The number of carbonyl (C=O) groups excluding carboxylic acids is 2. The van der Waals surface area contributed by atoms with Gasteiger partial charge in [0, 0.05) is 23.2 Å². The molecule has 2 heterocycles. The van der Waals surface area contributed by atoms with Crippen LogP contribution in [0, 0.1) is 0 Å². The number of likely N-dealkylation sites (N-methyl/N-ethyl adjacent to an activating group) is 1. The van der Waals surface area contributed by atoms with Crippen LogP contribution in [0.4, 0.5) is 0 Å². The van der Waals surface area contributed by atoms with E-state index in [1.807, 2.05) is 43.1 Å². The topological polar surface area (TPSA) is 61.4 Å². The van der Waals surface area contributed by atoms with Crippen molar-refractivity contribution in [3.05, 3.63) is 44.8 Å². The molecule has 2 amide bonds. The van der Waals surface area contributed by atoms with E-state index in [1.54, 1.807) is 22.7 Å². The average molecular weight is 366 g/mol. The summed E-state index contributed by atoms with van der Waals surface area (Å²) in [5.74, 6) is -0.198. The monoisotopic (exact) mass is 365 g/mol. The molecular formula is C17H23N3O2S2. The predicted molar refractivity (Wildman–Crippen MR) is 99.3 cm³/mol. The summed E-state index contributed by atoms with van der Waals surface area (Å²) in [6.45, 7) is 2.01. The van der Waals surface area contributed by atoms with Gasteiger partial charge in [-0.05, 0) is 37.0 Å². The van der Waals surface area contributed by atoms with Crippen molar-refractivity contribution in [1.82, 2.24) is 15.5 Å². The Hall–Kier alpha value is -1.70. The van der Waals surface area contributed by atoms with Gasteiger partial charge in [-0.2, -0.15) is 0 Å². The van der Waals surface area contributed by atoms with Crippen LogP contribution in [0.1, 0.15) is 35.2 Å². The van der Waals surface area contributed by atoms with Gasteiger partial charge in [-0.3, -0.25) is 9.59 Å². The second kappa shape index (κ2) is 8.96. The second-order valence-corrected chi connectivity index (χ2v) is 7.73.